The molecule has 0 N–H and O–H groups in total. The van der Waals surface area contributed by atoms with Crippen molar-refractivity contribution in [3.8, 4) is 0 Å². The van der Waals surface area contributed by atoms with Crippen LogP contribution in [0.5, 0.6) is 0 Å². The number of pyridine rings is 1. The van der Waals surface area contributed by atoms with E-state index < -0.39 is 0 Å². The quantitative estimate of drug-likeness (QED) is 0.741. The molecule has 5 heteroatoms. The second kappa shape index (κ2) is 7.75. The third kappa shape index (κ3) is 3.67. The summed E-state index contributed by atoms with van der Waals surface area (Å²) in [6.07, 6.45) is 6.82. The molecule has 25 heavy (non-hydrogen) atoms. The van der Waals surface area contributed by atoms with Crippen LogP contribution in [0.25, 0.3) is 10.9 Å². The van der Waals surface area contributed by atoms with Gasteiger partial charge in [0.2, 0.25) is 5.91 Å². The van der Waals surface area contributed by atoms with Crippen molar-refractivity contribution in [1.29, 1.82) is 0 Å². The van der Waals surface area contributed by atoms with Crippen molar-refractivity contribution in [3.05, 3.63) is 42.1 Å². The van der Waals surface area contributed by atoms with E-state index in [1.807, 2.05) is 18.3 Å². The largest absolute Gasteiger partial charge is 0.326 e. The first kappa shape index (κ1) is 16.9. The molecule has 2 saturated heterocycles. The zero-order valence-corrected chi connectivity index (χ0v) is 15.4. The lowest BCUT2D eigenvalue weighted by molar-refractivity contribution is -0.128. The van der Waals surface area contributed by atoms with Gasteiger partial charge in [-0.1, -0.05) is 18.2 Å². The van der Waals surface area contributed by atoms with E-state index in [9.17, 15) is 4.79 Å². The first-order valence-corrected chi connectivity index (χ1v) is 10.3. The lowest BCUT2D eigenvalue weighted by Crippen LogP contribution is -2.30. The Balaban J connectivity index is 1.44. The van der Waals surface area contributed by atoms with Gasteiger partial charge in [-0.3, -0.25) is 9.78 Å². The number of fused-ring (bicyclic) bond motifs is 1. The highest BCUT2D eigenvalue weighted by Crippen LogP contribution is 2.41. The lowest BCUT2D eigenvalue weighted by Gasteiger charge is -2.25. The Morgan fingerprint density at radius 3 is 2.76 bits per heavy atom. The molecule has 1 amide bonds. The number of hydrogen-bond acceptors (Lipinski definition) is 4. The van der Waals surface area contributed by atoms with Crippen LogP contribution in [-0.4, -0.2) is 52.6 Å². The smallest absolute Gasteiger partial charge is 0.233 e. The first-order valence-electron chi connectivity index (χ1n) is 9.30. The Labute approximate surface area is 153 Å². The summed E-state index contributed by atoms with van der Waals surface area (Å²) in [4.78, 5) is 21.5. The first-order chi connectivity index (χ1) is 12.3. The number of rotatable bonds is 6. The van der Waals surface area contributed by atoms with E-state index in [0.717, 1.165) is 18.5 Å². The molecule has 0 radical (unpaired) electrons. The van der Waals surface area contributed by atoms with Gasteiger partial charge in [0.05, 0.1) is 11.3 Å². The molecule has 4 nitrogen and oxygen atoms in total. The molecule has 132 valence electrons. The molecule has 2 aliphatic heterocycles. The third-order valence-corrected chi connectivity index (χ3v) is 6.48. The van der Waals surface area contributed by atoms with Crippen molar-refractivity contribution in [1.82, 2.24) is 14.8 Å². The maximum atomic E-state index is 12.4. The Kier molecular flexibility index (Phi) is 5.22. The summed E-state index contributed by atoms with van der Waals surface area (Å²) >= 11 is 1.75. The van der Waals surface area contributed by atoms with Crippen molar-refractivity contribution in [2.75, 3.05) is 31.9 Å². The molecule has 1 unspecified atom stereocenters. The van der Waals surface area contributed by atoms with Crippen molar-refractivity contribution in [2.24, 2.45) is 0 Å². The van der Waals surface area contributed by atoms with Crippen LogP contribution >= 0.6 is 11.8 Å². The highest BCUT2D eigenvalue weighted by Gasteiger charge is 2.33. The summed E-state index contributed by atoms with van der Waals surface area (Å²) in [7, 11) is 0. The summed E-state index contributed by atoms with van der Waals surface area (Å²) in [5, 5.41) is 1.30. The normalized spacial score (nSPS) is 21.5. The SMILES string of the molecule is O=C1CSC(c2ccnc3ccccc23)N1CCCCN1CCCC1. The number of likely N-dealkylation sites (tertiary alicyclic amines) is 1. The summed E-state index contributed by atoms with van der Waals surface area (Å²) < 4.78 is 0. The number of nitrogens with zero attached hydrogens (tertiary/aromatic N) is 3. The zero-order chi connectivity index (χ0) is 17.1. The highest BCUT2D eigenvalue weighted by atomic mass is 32.2. The summed E-state index contributed by atoms with van der Waals surface area (Å²) in [5.74, 6) is 0.866. The molecule has 3 heterocycles. The number of aromatic nitrogens is 1. The Bertz CT molecular complexity index is 739. The summed E-state index contributed by atoms with van der Waals surface area (Å²) in [6, 6.07) is 10.3. The second-order valence-corrected chi connectivity index (χ2v) is 7.99. The lowest BCUT2D eigenvalue weighted by atomic mass is 10.1. The van der Waals surface area contributed by atoms with Crippen LogP contribution in [0.4, 0.5) is 0 Å². The molecule has 2 aromatic rings. The fourth-order valence-corrected chi connectivity index (χ4v) is 5.16. The molecule has 1 atom stereocenters. The van der Waals surface area contributed by atoms with Gasteiger partial charge in [0, 0.05) is 18.1 Å². The van der Waals surface area contributed by atoms with Gasteiger partial charge in [0.25, 0.3) is 0 Å². The molecular formula is C20H25N3OS. The van der Waals surface area contributed by atoms with Crippen LogP contribution in [0.1, 0.15) is 36.6 Å². The molecular weight excluding hydrogens is 330 g/mol. The van der Waals surface area contributed by atoms with Gasteiger partial charge in [-0.2, -0.15) is 0 Å². The van der Waals surface area contributed by atoms with Gasteiger partial charge in [-0.05, 0) is 63.0 Å². The Morgan fingerprint density at radius 1 is 1.08 bits per heavy atom. The van der Waals surface area contributed by atoms with Crippen LogP contribution in [0.15, 0.2) is 36.5 Å². The van der Waals surface area contributed by atoms with E-state index in [4.69, 9.17) is 0 Å². The number of carbonyl (C=O) groups is 1. The second-order valence-electron chi connectivity index (χ2n) is 6.92. The Morgan fingerprint density at radius 2 is 1.88 bits per heavy atom. The van der Waals surface area contributed by atoms with Crippen LogP contribution < -0.4 is 0 Å². The molecule has 2 fully saturated rings. The number of hydrogen-bond donors (Lipinski definition) is 0. The van der Waals surface area contributed by atoms with E-state index in [0.29, 0.717) is 5.75 Å². The summed E-state index contributed by atoms with van der Waals surface area (Å²) in [6.45, 7) is 4.55. The molecule has 1 aromatic heterocycles. The molecule has 0 spiro atoms. The van der Waals surface area contributed by atoms with E-state index >= 15 is 0 Å². The third-order valence-electron chi connectivity index (χ3n) is 5.24. The number of unbranched alkanes of at least 4 members (excludes halogenated alkanes) is 1. The maximum Gasteiger partial charge on any atom is 0.233 e. The van der Waals surface area contributed by atoms with E-state index in [1.165, 1.54) is 49.8 Å². The molecule has 0 bridgehead atoms. The van der Waals surface area contributed by atoms with Gasteiger partial charge < -0.3 is 9.80 Å². The number of carbonyl (C=O) groups excluding carboxylic acids is 1. The molecule has 0 saturated carbocycles. The standard InChI is InChI=1S/C20H25N3OS/c24-19-15-25-20(17-9-10-21-18-8-2-1-7-16(17)18)23(19)14-6-5-13-22-11-3-4-12-22/h1-2,7-10,20H,3-6,11-15H2. The van der Waals surface area contributed by atoms with Crippen LogP contribution in [0, 0.1) is 0 Å². The predicted molar refractivity (Wildman–Crippen MR) is 104 cm³/mol. The minimum absolute atomic E-state index is 0.132. The minimum atomic E-state index is 0.132. The van der Waals surface area contributed by atoms with Gasteiger partial charge in [0.15, 0.2) is 0 Å². The number of amides is 1. The van der Waals surface area contributed by atoms with Crippen molar-refractivity contribution < 1.29 is 4.79 Å². The van der Waals surface area contributed by atoms with Crippen LogP contribution in [-0.2, 0) is 4.79 Å². The van der Waals surface area contributed by atoms with E-state index in [1.54, 1.807) is 11.8 Å². The van der Waals surface area contributed by atoms with Crippen molar-refractivity contribution >= 4 is 28.6 Å². The average Bonchev–Trinajstić information content (AvgIpc) is 3.28. The highest BCUT2D eigenvalue weighted by molar-refractivity contribution is 8.00. The van der Waals surface area contributed by atoms with Gasteiger partial charge in [-0.25, -0.2) is 0 Å². The van der Waals surface area contributed by atoms with Crippen LogP contribution in [0.3, 0.4) is 0 Å². The molecule has 2 aliphatic rings. The number of thioether (sulfide) groups is 1. The minimum Gasteiger partial charge on any atom is -0.326 e. The van der Waals surface area contributed by atoms with Crippen molar-refractivity contribution in [2.45, 2.75) is 31.1 Å². The van der Waals surface area contributed by atoms with E-state index in [2.05, 4.69) is 33.0 Å². The Hall–Kier alpha value is -1.59. The molecule has 4 rings (SSSR count). The fourth-order valence-electron chi connectivity index (χ4n) is 3.91. The maximum absolute atomic E-state index is 12.4. The molecule has 0 aliphatic carbocycles. The van der Waals surface area contributed by atoms with Crippen LogP contribution in [0.2, 0.25) is 0 Å². The average molecular weight is 356 g/mol. The number of benzene rings is 1. The van der Waals surface area contributed by atoms with Gasteiger partial charge in [-0.15, -0.1) is 11.8 Å². The van der Waals surface area contributed by atoms with Gasteiger partial charge >= 0.3 is 0 Å². The number of para-hydroxylation sites is 1. The topological polar surface area (TPSA) is 36.4 Å². The predicted octanol–water partition coefficient (Wildman–Crippen LogP) is 3.68. The van der Waals surface area contributed by atoms with Crippen molar-refractivity contribution in [3.63, 3.8) is 0 Å². The molecule has 1 aromatic carbocycles. The monoisotopic (exact) mass is 355 g/mol. The fraction of sp³-hybridized carbons (Fsp3) is 0.500. The van der Waals surface area contributed by atoms with Gasteiger partial charge in [0.1, 0.15) is 5.37 Å². The summed E-state index contributed by atoms with van der Waals surface area (Å²) in [5.41, 5.74) is 2.23. The zero-order valence-electron chi connectivity index (χ0n) is 14.6. The van der Waals surface area contributed by atoms with E-state index in [-0.39, 0.29) is 11.3 Å².